The summed E-state index contributed by atoms with van der Waals surface area (Å²) >= 11 is 0. The van der Waals surface area contributed by atoms with Crippen molar-refractivity contribution in [3.8, 4) is 11.5 Å². The number of benzene rings is 2. The van der Waals surface area contributed by atoms with Gasteiger partial charge in [-0.25, -0.2) is 4.79 Å². The van der Waals surface area contributed by atoms with Crippen molar-refractivity contribution in [1.29, 1.82) is 0 Å². The number of ether oxygens (including phenoxy) is 3. The lowest BCUT2D eigenvalue weighted by atomic mass is 10.0. The molecule has 3 rings (SSSR count). The molecule has 8 nitrogen and oxygen atoms in total. The van der Waals surface area contributed by atoms with Crippen LogP contribution in [-0.2, 0) is 19.1 Å². The van der Waals surface area contributed by atoms with Crippen LogP contribution in [0.1, 0.15) is 40.2 Å². The number of carbonyl (C=O) groups is 3. The van der Waals surface area contributed by atoms with Crippen LogP contribution in [0.25, 0.3) is 6.08 Å². The fourth-order valence-corrected chi connectivity index (χ4v) is 3.79. The van der Waals surface area contributed by atoms with E-state index in [-0.39, 0.29) is 42.2 Å². The third kappa shape index (κ3) is 6.33. The average Bonchev–Trinajstić information content (AvgIpc) is 3.08. The molecule has 190 valence electrons. The lowest BCUT2D eigenvalue weighted by Gasteiger charge is -2.18. The van der Waals surface area contributed by atoms with Gasteiger partial charge < -0.3 is 19.5 Å². The molecule has 1 aliphatic heterocycles. The fourth-order valence-electron chi connectivity index (χ4n) is 3.79. The predicted octanol–water partition coefficient (Wildman–Crippen LogP) is 4.26. The zero-order valence-electron chi connectivity index (χ0n) is 21.3. The Balaban J connectivity index is 1.87. The predicted molar refractivity (Wildman–Crippen MR) is 138 cm³/mol. The van der Waals surface area contributed by atoms with Gasteiger partial charge in [0.2, 0.25) is 0 Å². The molecular weight excluding hydrogens is 460 g/mol. The Morgan fingerprint density at radius 2 is 1.56 bits per heavy atom. The minimum atomic E-state index is -0.556. The molecule has 0 bridgehead atoms. The third-order valence-corrected chi connectivity index (χ3v) is 5.30. The molecule has 0 aromatic heterocycles. The zero-order valence-corrected chi connectivity index (χ0v) is 21.3. The highest BCUT2D eigenvalue weighted by Crippen LogP contribution is 2.36. The van der Waals surface area contributed by atoms with E-state index in [0.29, 0.717) is 35.1 Å². The van der Waals surface area contributed by atoms with Crippen LogP contribution in [-0.4, -0.2) is 43.6 Å². The van der Waals surface area contributed by atoms with Gasteiger partial charge in [0.1, 0.15) is 11.5 Å². The number of nitrogens with one attached hydrogen (secondary N) is 1. The van der Waals surface area contributed by atoms with E-state index in [0.717, 1.165) is 0 Å². The quantitative estimate of drug-likeness (QED) is 0.394. The molecule has 2 aromatic carbocycles. The standard InChI is InChI=1S/C28H32N2O6/c1-6-34-22-14-10-21(11-15-22)30-19(5)26(28(33)35-7-2)24(27(30)32)16-20-8-12-23(13-9-20)36-17-25(31)29-18(3)4/h8-16,18H,6-7,17H2,1-5H3,(H,29,31)/b24-16-. The first-order valence-electron chi connectivity index (χ1n) is 11.9. The number of rotatable bonds is 10. The summed E-state index contributed by atoms with van der Waals surface area (Å²) in [6.45, 7) is 9.73. The first-order chi connectivity index (χ1) is 17.2. The molecule has 2 aromatic rings. The maximum absolute atomic E-state index is 13.5. The van der Waals surface area contributed by atoms with Crippen LogP contribution in [0.3, 0.4) is 0 Å². The maximum atomic E-state index is 13.5. The normalized spacial score (nSPS) is 14.4. The van der Waals surface area contributed by atoms with Crippen LogP contribution in [0.15, 0.2) is 65.4 Å². The van der Waals surface area contributed by atoms with Crippen molar-refractivity contribution in [3.05, 3.63) is 70.9 Å². The molecule has 8 heteroatoms. The average molecular weight is 493 g/mol. The molecule has 0 unspecified atom stereocenters. The first kappa shape index (κ1) is 26.5. The second kappa shape index (κ2) is 12.1. The lowest BCUT2D eigenvalue weighted by molar-refractivity contribution is -0.138. The smallest absolute Gasteiger partial charge is 0.340 e. The number of amides is 2. The van der Waals surface area contributed by atoms with E-state index < -0.39 is 5.97 Å². The monoisotopic (exact) mass is 492 g/mol. The maximum Gasteiger partial charge on any atom is 0.340 e. The van der Waals surface area contributed by atoms with E-state index in [4.69, 9.17) is 14.2 Å². The highest BCUT2D eigenvalue weighted by molar-refractivity contribution is 6.23. The van der Waals surface area contributed by atoms with Gasteiger partial charge in [-0.15, -0.1) is 0 Å². The lowest BCUT2D eigenvalue weighted by Crippen LogP contribution is -2.34. The number of hydrogen-bond acceptors (Lipinski definition) is 6. The number of carbonyl (C=O) groups excluding carboxylic acids is 3. The number of hydrogen-bond donors (Lipinski definition) is 1. The molecule has 0 atom stereocenters. The fraction of sp³-hybridized carbons (Fsp3) is 0.321. The van der Waals surface area contributed by atoms with Crippen LogP contribution >= 0.6 is 0 Å². The van der Waals surface area contributed by atoms with Gasteiger partial charge in [-0.05, 0) is 82.7 Å². The SMILES string of the molecule is CCOC(=O)C1=C(C)N(c2ccc(OCC)cc2)C(=O)/C1=C\c1ccc(OCC(=O)NC(C)C)cc1. The number of esters is 1. The van der Waals surface area contributed by atoms with Crippen molar-refractivity contribution in [1.82, 2.24) is 5.32 Å². The molecule has 2 amide bonds. The minimum Gasteiger partial charge on any atom is -0.494 e. The van der Waals surface area contributed by atoms with Crippen molar-refractivity contribution in [2.24, 2.45) is 0 Å². The summed E-state index contributed by atoms with van der Waals surface area (Å²) in [5.41, 5.74) is 2.27. The van der Waals surface area contributed by atoms with Gasteiger partial charge in [0.05, 0.1) is 24.4 Å². The molecule has 0 saturated carbocycles. The van der Waals surface area contributed by atoms with E-state index in [2.05, 4.69) is 5.32 Å². The van der Waals surface area contributed by atoms with E-state index >= 15 is 0 Å². The van der Waals surface area contributed by atoms with Gasteiger partial charge in [0, 0.05) is 17.4 Å². The minimum absolute atomic E-state index is 0.0336. The van der Waals surface area contributed by atoms with E-state index in [1.807, 2.05) is 20.8 Å². The molecule has 1 aliphatic rings. The Labute approximate surface area is 211 Å². The number of anilines is 1. The van der Waals surface area contributed by atoms with Gasteiger partial charge in [-0.2, -0.15) is 0 Å². The van der Waals surface area contributed by atoms with Gasteiger partial charge in [0.15, 0.2) is 6.61 Å². The second-order valence-electron chi connectivity index (χ2n) is 8.39. The van der Waals surface area contributed by atoms with Crippen LogP contribution in [0.4, 0.5) is 5.69 Å². The summed E-state index contributed by atoms with van der Waals surface area (Å²) < 4.78 is 16.3. The van der Waals surface area contributed by atoms with Gasteiger partial charge in [-0.1, -0.05) is 12.1 Å². The van der Waals surface area contributed by atoms with Gasteiger partial charge in [0.25, 0.3) is 11.8 Å². The molecule has 0 radical (unpaired) electrons. The summed E-state index contributed by atoms with van der Waals surface area (Å²) in [5, 5.41) is 2.76. The first-order valence-corrected chi connectivity index (χ1v) is 11.9. The molecule has 0 spiro atoms. The largest absolute Gasteiger partial charge is 0.494 e. The van der Waals surface area contributed by atoms with Gasteiger partial charge in [-0.3, -0.25) is 14.5 Å². The van der Waals surface area contributed by atoms with Crippen molar-refractivity contribution in [3.63, 3.8) is 0 Å². The summed E-state index contributed by atoms with van der Waals surface area (Å²) in [5.74, 6) is 0.119. The summed E-state index contributed by atoms with van der Waals surface area (Å²) in [6, 6.07) is 14.1. The molecule has 36 heavy (non-hydrogen) atoms. The topological polar surface area (TPSA) is 94.2 Å². The molecular formula is C28H32N2O6. The third-order valence-electron chi connectivity index (χ3n) is 5.30. The van der Waals surface area contributed by atoms with Gasteiger partial charge >= 0.3 is 5.97 Å². The van der Waals surface area contributed by atoms with E-state index in [1.54, 1.807) is 68.5 Å². The Kier molecular flexibility index (Phi) is 8.89. The van der Waals surface area contributed by atoms with Crippen molar-refractivity contribution < 1.29 is 28.6 Å². The summed E-state index contributed by atoms with van der Waals surface area (Å²) in [6.07, 6.45) is 1.65. The molecule has 0 aliphatic carbocycles. The highest BCUT2D eigenvalue weighted by Gasteiger charge is 2.38. The second-order valence-corrected chi connectivity index (χ2v) is 8.39. The molecule has 0 saturated heterocycles. The van der Waals surface area contributed by atoms with Crippen molar-refractivity contribution in [2.45, 2.75) is 40.7 Å². The molecule has 1 N–H and O–H groups in total. The molecule has 1 heterocycles. The van der Waals surface area contributed by atoms with Crippen LogP contribution in [0.5, 0.6) is 11.5 Å². The van der Waals surface area contributed by atoms with Crippen molar-refractivity contribution in [2.75, 3.05) is 24.7 Å². The highest BCUT2D eigenvalue weighted by atomic mass is 16.5. The summed E-state index contributed by atoms with van der Waals surface area (Å²) in [7, 11) is 0. The number of nitrogens with zero attached hydrogens (tertiary/aromatic N) is 1. The van der Waals surface area contributed by atoms with Crippen molar-refractivity contribution >= 4 is 29.5 Å². The Morgan fingerprint density at radius 1 is 0.944 bits per heavy atom. The van der Waals surface area contributed by atoms with E-state index in [1.165, 1.54) is 4.90 Å². The molecule has 0 fully saturated rings. The summed E-state index contributed by atoms with van der Waals surface area (Å²) in [4.78, 5) is 39.6. The number of allylic oxidation sites excluding steroid dienone is 1. The van der Waals surface area contributed by atoms with E-state index in [9.17, 15) is 14.4 Å². The zero-order chi connectivity index (χ0) is 26.2. The Bertz CT molecular complexity index is 1160. The Morgan fingerprint density at radius 3 is 2.14 bits per heavy atom. The Hall–Kier alpha value is -4.07. The van der Waals surface area contributed by atoms with Crippen LogP contribution < -0.4 is 19.7 Å². The van der Waals surface area contributed by atoms with Crippen LogP contribution in [0.2, 0.25) is 0 Å². The van der Waals surface area contributed by atoms with Crippen LogP contribution in [0, 0.1) is 0 Å².